The number of hydrogen-bond acceptors (Lipinski definition) is 5. The van der Waals surface area contributed by atoms with Crippen LogP contribution in [0.15, 0.2) is 65.8 Å². The summed E-state index contributed by atoms with van der Waals surface area (Å²) >= 11 is 0. The zero-order valence-corrected chi connectivity index (χ0v) is 12.7. The van der Waals surface area contributed by atoms with Gasteiger partial charge in [0.15, 0.2) is 0 Å². The smallest absolute Gasteiger partial charge is 0.338 e. The summed E-state index contributed by atoms with van der Waals surface area (Å²) in [6.07, 6.45) is -0.860. The number of azide groups is 1. The van der Waals surface area contributed by atoms with Gasteiger partial charge in [-0.1, -0.05) is 41.5 Å². The van der Waals surface area contributed by atoms with E-state index in [2.05, 4.69) is 10.0 Å². The molecule has 0 saturated carbocycles. The molecule has 24 heavy (non-hydrogen) atoms. The van der Waals surface area contributed by atoms with Gasteiger partial charge in [0.2, 0.25) is 0 Å². The van der Waals surface area contributed by atoms with Gasteiger partial charge in [0.25, 0.3) is 0 Å². The molecule has 0 fully saturated rings. The molecule has 0 aliphatic rings. The monoisotopic (exact) mass is 325 g/mol. The summed E-state index contributed by atoms with van der Waals surface area (Å²) in [7, 11) is 0. The van der Waals surface area contributed by atoms with Crippen molar-refractivity contribution in [1.29, 1.82) is 0 Å². The van der Waals surface area contributed by atoms with Crippen molar-refractivity contribution in [3.8, 4) is 0 Å². The maximum absolute atomic E-state index is 12.0. The lowest BCUT2D eigenvalue weighted by molar-refractivity contribution is 0.00199. The second kappa shape index (κ2) is 8.97. The Bertz CT molecular complexity index is 728. The molecule has 2 aromatic rings. The standard InChI is InChI=1S/C17H15N3O4/c18-20-19-11-15(24-17(22)14-9-5-2-6-10-14)12-23-16(21)13-7-3-1-4-8-13/h1-10,15H,11-12H2/t15-/m0/s1. The Morgan fingerprint density at radius 1 is 0.958 bits per heavy atom. The molecule has 7 heteroatoms. The van der Waals surface area contributed by atoms with Crippen LogP contribution in [0, 0.1) is 0 Å². The van der Waals surface area contributed by atoms with Crippen LogP contribution in [0.4, 0.5) is 0 Å². The third-order valence-corrected chi connectivity index (χ3v) is 3.04. The molecule has 0 heterocycles. The summed E-state index contributed by atoms with van der Waals surface area (Å²) in [5.74, 6) is -1.12. The van der Waals surface area contributed by atoms with Gasteiger partial charge in [-0.25, -0.2) is 9.59 Å². The zero-order chi connectivity index (χ0) is 17.2. The predicted octanol–water partition coefficient (Wildman–Crippen LogP) is 3.38. The van der Waals surface area contributed by atoms with Crippen LogP contribution in [-0.2, 0) is 9.47 Å². The molecule has 0 N–H and O–H groups in total. The summed E-state index contributed by atoms with van der Waals surface area (Å²) in [6.45, 7) is -0.331. The van der Waals surface area contributed by atoms with Gasteiger partial charge in [-0.2, -0.15) is 0 Å². The average molecular weight is 325 g/mol. The number of hydrogen-bond donors (Lipinski definition) is 0. The zero-order valence-electron chi connectivity index (χ0n) is 12.7. The van der Waals surface area contributed by atoms with Crippen molar-refractivity contribution in [2.45, 2.75) is 6.10 Å². The average Bonchev–Trinajstić information content (AvgIpc) is 2.65. The van der Waals surface area contributed by atoms with Crippen LogP contribution >= 0.6 is 0 Å². The van der Waals surface area contributed by atoms with E-state index < -0.39 is 18.0 Å². The highest BCUT2D eigenvalue weighted by Crippen LogP contribution is 2.07. The molecule has 0 aromatic heterocycles. The predicted molar refractivity (Wildman–Crippen MR) is 86.4 cm³/mol. The topological polar surface area (TPSA) is 101 Å². The number of esters is 2. The highest BCUT2D eigenvalue weighted by atomic mass is 16.6. The van der Waals surface area contributed by atoms with Gasteiger partial charge in [-0.15, -0.1) is 0 Å². The maximum Gasteiger partial charge on any atom is 0.338 e. The molecule has 0 saturated heterocycles. The highest BCUT2D eigenvalue weighted by Gasteiger charge is 2.18. The van der Waals surface area contributed by atoms with Crippen LogP contribution in [0.3, 0.4) is 0 Å². The quantitative estimate of drug-likeness (QED) is 0.337. The largest absolute Gasteiger partial charge is 0.458 e. The second-order valence-corrected chi connectivity index (χ2v) is 4.77. The molecule has 0 spiro atoms. The maximum atomic E-state index is 12.0. The first-order valence-corrected chi connectivity index (χ1v) is 7.19. The minimum atomic E-state index is -0.860. The molecule has 122 valence electrons. The highest BCUT2D eigenvalue weighted by molar-refractivity contribution is 5.90. The Labute approximate surface area is 138 Å². The number of nitrogens with zero attached hydrogens (tertiary/aromatic N) is 3. The number of benzene rings is 2. The molecule has 2 aromatic carbocycles. The SMILES string of the molecule is [N-]=[N+]=NC[C@@H](COC(=O)c1ccccc1)OC(=O)c1ccccc1. The van der Waals surface area contributed by atoms with Crippen molar-refractivity contribution < 1.29 is 19.1 Å². The van der Waals surface area contributed by atoms with E-state index in [1.807, 2.05) is 0 Å². The molecule has 0 amide bonds. The lowest BCUT2D eigenvalue weighted by atomic mass is 10.2. The first-order valence-electron chi connectivity index (χ1n) is 7.19. The fourth-order valence-corrected chi connectivity index (χ4v) is 1.87. The Morgan fingerprint density at radius 2 is 1.50 bits per heavy atom. The number of ether oxygens (including phenoxy) is 2. The lowest BCUT2D eigenvalue weighted by Gasteiger charge is -2.16. The molecule has 1 atom stereocenters. The van der Waals surface area contributed by atoms with E-state index in [1.54, 1.807) is 60.7 Å². The Balaban J connectivity index is 1.96. The summed E-state index contributed by atoms with van der Waals surface area (Å²) in [5.41, 5.74) is 9.17. The van der Waals surface area contributed by atoms with Gasteiger partial charge in [0.05, 0.1) is 17.7 Å². The molecule has 0 radical (unpaired) electrons. The molecule has 0 unspecified atom stereocenters. The summed E-state index contributed by atoms with van der Waals surface area (Å²) in [5, 5.41) is 3.38. The molecular weight excluding hydrogens is 310 g/mol. The summed E-state index contributed by atoms with van der Waals surface area (Å²) in [6, 6.07) is 16.8. The van der Waals surface area contributed by atoms with Crippen LogP contribution in [0.25, 0.3) is 10.4 Å². The van der Waals surface area contributed by atoms with E-state index in [0.717, 1.165) is 0 Å². The van der Waals surface area contributed by atoms with Crippen molar-refractivity contribution >= 4 is 11.9 Å². The van der Waals surface area contributed by atoms with Crippen LogP contribution in [0.1, 0.15) is 20.7 Å². The van der Waals surface area contributed by atoms with E-state index >= 15 is 0 Å². The third-order valence-electron chi connectivity index (χ3n) is 3.04. The lowest BCUT2D eigenvalue weighted by Crippen LogP contribution is -2.28. The van der Waals surface area contributed by atoms with Gasteiger partial charge < -0.3 is 9.47 Å². The molecule has 2 rings (SSSR count). The van der Waals surface area contributed by atoms with E-state index in [4.69, 9.17) is 15.0 Å². The Hall–Kier alpha value is -3.31. The van der Waals surface area contributed by atoms with Gasteiger partial charge in [-0.3, -0.25) is 0 Å². The van der Waals surface area contributed by atoms with Gasteiger partial charge in [0.1, 0.15) is 12.7 Å². The fraction of sp³-hybridized carbons (Fsp3) is 0.176. The molecule has 0 aliphatic carbocycles. The van der Waals surface area contributed by atoms with E-state index in [9.17, 15) is 9.59 Å². The van der Waals surface area contributed by atoms with E-state index in [1.165, 1.54) is 0 Å². The Morgan fingerprint density at radius 3 is 2.04 bits per heavy atom. The molecular formula is C17H15N3O4. The molecule has 0 aliphatic heterocycles. The van der Waals surface area contributed by atoms with Gasteiger partial charge in [0, 0.05) is 4.91 Å². The number of rotatable bonds is 7. The van der Waals surface area contributed by atoms with Gasteiger partial charge in [-0.05, 0) is 29.8 Å². The summed E-state index contributed by atoms with van der Waals surface area (Å²) < 4.78 is 10.4. The van der Waals surface area contributed by atoms with Crippen molar-refractivity contribution in [2.75, 3.05) is 13.2 Å². The molecule has 7 nitrogen and oxygen atoms in total. The first kappa shape index (κ1) is 17.1. The number of carbonyl (C=O) groups excluding carboxylic acids is 2. The Kier molecular flexibility index (Phi) is 6.37. The van der Waals surface area contributed by atoms with Crippen molar-refractivity contribution in [1.82, 2.24) is 0 Å². The normalized spacial score (nSPS) is 11.0. The van der Waals surface area contributed by atoms with Crippen LogP contribution in [0.5, 0.6) is 0 Å². The first-order chi connectivity index (χ1) is 11.7. The second-order valence-electron chi connectivity index (χ2n) is 4.77. The van der Waals surface area contributed by atoms with E-state index in [0.29, 0.717) is 11.1 Å². The van der Waals surface area contributed by atoms with Crippen LogP contribution in [0.2, 0.25) is 0 Å². The fourth-order valence-electron chi connectivity index (χ4n) is 1.87. The molecule has 0 bridgehead atoms. The third kappa shape index (κ3) is 5.15. The van der Waals surface area contributed by atoms with Crippen molar-refractivity contribution in [2.24, 2.45) is 5.11 Å². The minimum Gasteiger partial charge on any atom is -0.458 e. The number of carbonyl (C=O) groups is 2. The van der Waals surface area contributed by atoms with Crippen LogP contribution in [-0.4, -0.2) is 31.2 Å². The van der Waals surface area contributed by atoms with Crippen molar-refractivity contribution in [3.05, 3.63) is 82.2 Å². The van der Waals surface area contributed by atoms with Crippen molar-refractivity contribution in [3.63, 3.8) is 0 Å². The van der Waals surface area contributed by atoms with Crippen LogP contribution < -0.4 is 0 Å². The van der Waals surface area contributed by atoms with E-state index in [-0.39, 0.29) is 13.2 Å². The van der Waals surface area contributed by atoms with Gasteiger partial charge >= 0.3 is 11.9 Å². The minimum absolute atomic E-state index is 0.128. The summed E-state index contributed by atoms with van der Waals surface area (Å²) in [4.78, 5) is 26.6.